The molecule has 0 aliphatic rings. The van der Waals surface area contributed by atoms with E-state index < -0.39 is 0 Å². The lowest BCUT2D eigenvalue weighted by molar-refractivity contribution is 0.550. The van der Waals surface area contributed by atoms with Crippen LogP contribution in [0, 0.1) is 0 Å². The highest BCUT2D eigenvalue weighted by atomic mass is 14.0. The Labute approximate surface area is 173 Å². The van der Waals surface area contributed by atoms with Crippen LogP contribution in [0.25, 0.3) is 0 Å². The molecule has 0 aromatic carbocycles. The second-order valence-electron chi connectivity index (χ2n) is 8.40. The van der Waals surface area contributed by atoms with Gasteiger partial charge in [-0.25, -0.2) is 0 Å². The van der Waals surface area contributed by atoms with Crippen LogP contribution in [0.15, 0.2) is 24.3 Å². The fourth-order valence-electron chi connectivity index (χ4n) is 3.63. The average molecular weight is 377 g/mol. The molecule has 160 valence electrons. The zero-order valence-corrected chi connectivity index (χ0v) is 19.2. The fraction of sp³-hybridized carbons (Fsp3) is 0.852. The van der Waals surface area contributed by atoms with Crippen LogP contribution in [0.4, 0.5) is 0 Å². The molecule has 27 heavy (non-hydrogen) atoms. The second kappa shape index (κ2) is 25.5. The summed E-state index contributed by atoms with van der Waals surface area (Å²) in [5, 5.41) is 0. The Morgan fingerprint density at radius 3 is 0.889 bits per heavy atom. The molecule has 0 heterocycles. The Bertz CT molecular complexity index is 299. The molecule has 0 spiro atoms. The normalized spacial score (nSPS) is 11.9. The molecule has 0 aliphatic heterocycles. The maximum atomic E-state index is 2.41. The third-order valence-corrected chi connectivity index (χ3v) is 5.53. The molecule has 0 aromatic rings. The van der Waals surface area contributed by atoms with Gasteiger partial charge in [0.25, 0.3) is 0 Å². The first-order chi connectivity index (χ1) is 13.4. The standard InChI is InChI=1S/C27H52/c1-3-5-7-9-11-13-15-17-19-21-23-25-27-26-24-22-20-18-16-14-12-10-8-6-4-2/h17,19,25,27H,3-16,18,20-24,26H2,1-2H3/b19-17-,27-25-. The van der Waals surface area contributed by atoms with Gasteiger partial charge in [-0.05, 0) is 38.5 Å². The molecule has 0 bridgehead atoms. The molecular weight excluding hydrogens is 324 g/mol. The predicted octanol–water partition coefficient (Wildman–Crippen LogP) is 10.3. The minimum atomic E-state index is 1.23. The molecular formula is C27H52. The molecule has 0 rings (SSSR count). The molecule has 0 unspecified atom stereocenters. The lowest BCUT2D eigenvalue weighted by Crippen LogP contribution is -1.82. The van der Waals surface area contributed by atoms with Crippen molar-refractivity contribution in [2.45, 2.75) is 149 Å². The Morgan fingerprint density at radius 2 is 0.556 bits per heavy atom. The number of allylic oxidation sites excluding steroid dienone is 4. The highest BCUT2D eigenvalue weighted by molar-refractivity contribution is 4.88. The van der Waals surface area contributed by atoms with Gasteiger partial charge in [0, 0.05) is 0 Å². The van der Waals surface area contributed by atoms with Crippen molar-refractivity contribution >= 4 is 0 Å². The quantitative estimate of drug-likeness (QED) is 0.130. The summed E-state index contributed by atoms with van der Waals surface area (Å²) in [6.07, 6.45) is 38.9. The van der Waals surface area contributed by atoms with Gasteiger partial charge in [-0.1, -0.05) is 134 Å². The number of hydrogen-bond donors (Lipinski definition) is 0. The largest absolute Gasteiger partial charge is 0.0885 e. The summed E-state index contributed by atoms with van der Waals surface area (Å²) in [5.41, 5.74) is 0. The van der Waals surface area contributed by atoms with Gasteiger partial charge in [0.1, 0.15) is 0 Å². The van der Waals surface area contributed by atoms with E-state index in [-0.39, 0.29) is 0 Å². The van der Waals surface area contributed by atoms with Gasteiger partial charge in [0.2, 0.25) is 0 Å². The van der Waals surface area contributed by atoms with Gasteiger partial charge in [0.05, 0.1) is 0 Å². The maximum Gasteiger partial charge on any atom is -0.0316 e. The molecule has 0 saturated heterocycles. The summed E-state index contributed by atoms with van der Waals surface area (Å²) in [6, 6.07) is 0. The molecule has 0 fully saturated rings. The molecule has 0 amide bonds. The van der Waals surface area contributed by atoms with Crippen LogP contribution in [0.3, 0.4) is 0 Å². The van der Waals surface area contributed by atoms with Gasteiger partial charge in [-0.15, -0.1) is 0 Å². The predicted molar refractivity (Wildman–Crippen MR) is 127 cm³/mol. The van der Waals surface area contributed by atoms with Gasteiger partial charge in [-0.2, -0.15) is 0 Å². The maximum absolute atomic E-state index is 2.41. The zero-order valence-electron chi connectivity index (χ0n) is 19.2. The van der Waals surface area contributed by atoms with E-state index in [0.29, 0.717) is 0 Å². The van der Waals surface area contributed by atoms with E-state index in [9.17, 15) is 0 Å². The van der Waals surface area contributed by atoms with E-state index in [2.05, 4.69) is 38.2 Å². The first kappa shape index (κ1) is 26.5. The molecule has 0 atom stereocenters. The highest BCUT2D eigenvalue weighted by Gasteiger charge is 1.92. The summed E-state index contributed by atoms with van der Waals surface area (Å²) in [5.74, 6) is 0. The van der Waals surface area contributed by atoms with Crippen molar-refractivity contribution in [2.75, 3.05) is 0 Å². The van der Waals surface area contributed by atoms with Crippen LogP contribution in [0.1, 0.15) is 149 Å². The topological polar surface area (TPSA) is 0 Å². The Kier molecular flexibility index (Phi) is 25.0. The van der Waals surface area contributed by atoms with Gasteiger partial charge in [0.15, 0.2) is 0 Å². The first-order valence-corrected chi connectivity index (χ1v) is 12.7. The minimum Gasteiger partial charge on any atom is -0.0885 e. The van der Waals surface area contributed by atoms with E-state index in [1.165, 1.54) is 135 Å². The summed E-state index contributed by atoms with van der Waals surface area (Å²) < 4.78 is 0. The Morgan fingerprint density at radius 1 is 0.296 bits per heavy atom. The van der Waals surface area contributed by atoms with Crippen molar-refractivity contribution in [2.24, 2.45) is 0 Å². The second-order valence-corrected chi connectivity index (χ2v) is 8.40. The van der Waals surface area contributed by atoms with Crippen molar-refractivity contribution in [3.05, 3.63) is 24.3 Å². The summed E-state index contributed by atoms with van der Waals surface area (Å²) in [7, 11) is 0. The molecule has 0 saturated carbocycles. The van der Waals surface area contributed by atoms with Crippen molar-refractivity contribution in [3.63, 3.8) is 0 Å². The van der Waals surface area contributed by atoms with E-state index >= 15 is 0 Å². The van der Waals surface area contributed by atoms with Crippen LogP contribution >= 0.6 is 0 Å². The fourth-order valence-corrected chi connectivity index (χ4v) is 3.63. The van der Waals surface area contributed by atoms with Crippen LogP contribution in [0.5, 0.6) is 0 Å². The number of hydrogen-bond acceptors (Lipinski definition) is 0. The molecule has 0 heteroatoms. The van der Waals surface area contributed by atoms with Gasteiger partial charge < -0.3 is 0 Å². The first-order valence-electron chi connectivity index (χ1n) is 12.7. The van der Waals surface area contributed by atoms with Crippen molar-refractivity contribution in [1.82, 2.24) is 0 Å². The van der Waals surface area contributed by atoms with Gasteiger partial charge in [-0.3, -0.25) is 0 Å². The van der Waals surface area contributed by atoms with E-state index in [0.717, 1.165) is 0 Å². The van der Waals surface area contributed by atoms with E-state index in [1.54, 1.807) is 0 Å². The van der Waals surface area contributed by atoms with Crippen LogP contribution in [0.2, 0.25) is 0 Å². The summed E-state index contributed by atoms with van der Waals surface area (Å²) in [4.78, 5) is 0. The Balaban J connectivity index is 3.13. The minimum absolute atomic E-state index is 1.23. The highest BCUT2D eigenvalue weighted by Crippen LogP contribution is 2.12. The SMILES string of the molecule is CCCCCCCC/C=C\CC/C=C\CCCCCCCCCCCCC. The van der Waals surface area contributed by atoms with Crippen molar-refractivity contribution in [3.8, 4) is 0 Å². The molecule has 0 aliphatic carbocycles. The third-order valence-electron chi connectivity index (χ3n) is 5.53. The van der Waals surface area contributed by atoms with Crippen molar-refractivity contribution < 1.29 is 0 Å². The van der Waals surface area contributed by atoms with Crippen LogP contribution in [-0.4, -0.2) is 0 Å². The number of rotatable bonds is 22. The third kappa shape index (κ3) is 25.5. The van der Waals surface area contributed by atoms with Gasteiger partial charge >= 0.3 is 0 Å². The summed E-state index contributed by atoms with van der Waals surface area (Å²) >= 11 is 0. The summed E-state index contributed by atoms with van der Waals surface area (Å²) in [6.45, 7) is 4.58. The molecule has 0 aromatic heterocycles. The lowest BCUT2D eigenvalue weighted by Gasteiger charge is -2.01. The van der Waals surface area contributed by atoms with E-state index in [4.69, 9.17) is 0 Å². The Hall–Kier alpha value is -0.520. The monoisotopic (exact) mass is 376 g/mol. The molecule has 0 radical (unpaired) electrons. The lowest BCUT2D eigenvalue weighted by atomic mass is 10.1. The van der Waals surface area contributed by atoms with Crippen LogP contribution in [-0.2, 0) is 0 Å². The average Bonchev–Trinajstić information content (AvgIpc) is 2.68. The smallest absolute Gasteiger partial charge is 0.0316 e. The zero-order chi connectivity index (χ0) is 19.7. The molecule has 0 nitrogen and oxygen atoms in total. The van der Waals surface area contributed by atoms with Crippen LogP contribution < -0.4 is 0 Å². The van der Waals surface area contributed by atoms with E-state index in [1.807, 2.05) is 0 Å². The van der Waals surface area contributed by atoms with Crippen molar-refractivity contribution in [1.29, 1.82) is 0 Å². The number of unbranched alkanes of at least 4 members (excludes halogenated alkanes) is 18. The molecule has 0 N–H and O–H groups in total.